The Bertz CT molecular complexity index is 488. The fourth-order valence-electron chi connectivity index (χ4n) is 1.29. The number of nitrogens with zero attached hydrogens (tertiary/aromatic N) is 4. The van der Waals surface area contributed by atoms with E-state index in [0.29, 0.717) is 17.5 Å². The first kappa shape index (κ1) is 11.3. The van der Waals surface area contributed by atoms with Crippen molar-refractivity contribution in [2.45, 2.75) is 6.92 Å². The summed E-state index contributed by atoms with van der Waals surface area (Å²) < 4.78 is 5.03. The zero-order valence-electron chi connectivity index (χ0n) is 9.71. The Hall–Kier alpha value is -2.24. The predicted octanol–water partition coefficient (Wildman–Crippen LogP) is 1.37. The molecule has 1 N–H and O–H groups in total. The van der Waals surface area contributed by atoms with Crippen LogP contribution < -0.4 is 10.1 Å². The molecule has 0 radical (unpaired) electrons. The van der Waals surface area contributed by atoms with Crippen LogP contribution in [0.25, 0.3) is 11.5 Å². The molecule has 0 saturated heterocycles. The summed E-state index contributed by atoms with van der Waals surface area (Å²) in [6, 6.07) is 5.83. The van der Waals surface area contributed by atoms with Crippen LogP contribution in [-0.2, 0) is 0 Å². The maximum Gasteiger partial charge on any atom is 0.321 e. The average molecular weight is 231 g/mol. The van der Waals surface area contributed by atoms with E-state index in [0.717, 1.165) is 6.54 Å². The molecule has 0 unspecified atom stereocenters. The van der Waals surface area contributed by atoms with E-state index in [-0.39, 0.29) is 6.01 Å². The molecule has 0 atom stereocenters. The summed E-state index contributed by atoms with van der Waals surface area (Å²) in [5.74, 6) is 0.980. The lowest BCUT2D eigenvalue weighted by Gasteiger charge is -2.05. The number of methoxy groups -OCH3 is 1. The van der Waals surface area contributed by atoms with Crippen molar-refractivity contribution in [2.75, 3.05) is 19.0 Å². The maximum atomic E-state index is 5.03. The zero-order valence-corrected chi connectivity index (χ0v) is 9.71. The van der Waals surface area contributed by atoms with E-state index in [1.807, 2.05) is 25.1 Å². The highest BCUT2D eigenvalue weighted by atomic mass is 16.5. The van der Waals surface area contributed by atoms with Crippen molar-refractivity contribution in [3.8, 4) is 17.5 Å². The molecule has 17 heavy (non-hydrogen) atoms. The molecule has 0 amide bonds. The van der Waals surface area contributed by atoms with Crippen molar-refractivity contribution in [1.29, 1.82) is 0 Å². The molecule has 2 rings (SSSR count). The highest BCUT2D eigenvalue weighted by Crippen LogP contribution is 2.15. The van der Waals surface area contributed by atoms with Gasteiger partial charge in [-0.25, -0.2) is 0 Å². The van der Waals surface area contributed by atoms with Gasteiger partial charge in [-0.05, 0) is 19.1 Å². The Morgan fingerprint density at radius 2 is 2.12 bits per heavy atom. The molecule has 6 nitrogen and oxygen atoms in total. The van der Waals surface area contributed by atoms with Crippen molar-refractivity contribution in [1.82, 2.24) is 19.9 Å². The summed E-state index contributed by atoms with van der Waals surface area (Å²) in [4.78, 5) is 16.7. The monoisotopic (exact) mass is 231 g/mol. The van der Waals surface area contributed by atoms with Gasteiger partial charge in [-0.1, -0.05) is 6.07 Å². The first-order chi connectivity index (χ1) is 8.33. The van der Waals surface area contributed by atoms with E-state index in [1.54, 1.807) is 6.20 Å². The number of nitrogens with one attached hydrogen (secondary N) is 1. The second-order valence-corrected chi connectivity index (χ2v) is 3.21. The Morgan fingerprint density at radius 1 is 1.24 bits per heavy atom. The lowest BCUT2D eigenvalue weighted by Crippen LogP contribution is -2.06. The minimum atomic E-state index is 0.275. The van der Waals surface area contributed by atoms with Crippen LogP contribution in [0.1, 0.15) is 6.92 Å². The Kier molecular flexibility index (Phi) is 3.44. The van der Waals surface area contributed by atoms with E-state index in [1.165, 1.54) is 7.11 Å². The van der Waals surface area contributed by atoms with Gasteiger partial charge in [0.15, 0.2) is 5.82 Å². The van der Waals surface area contributed by atoms with E-state index in [4.69, 9.17) is 4.74 Å². The zero-order chi connectivity index (χ0) is 12.1. The summed E-state index contributed by atoms with van der Waals surface area (Å²) in [6.45, 7) is 2.70. The van der Waals surface area contributed by atoms with Gasteiger partial charge in [0.05, 0.1) is 7.11 Å². The lowest BCUT2D eigenvalue weighted by atomic mass is 10.3. The number of hydrogen-bond acceptors (Lipinski definition) is 6. The quantitative estimate of drug-likeness (QED) is 0.856. The second kappa shape index (κ2) is 5.20. The minimum Gasteiger partial charge on any atom is -0.467 e. The van der Waals surface area contributed by atoms with Crippen LogP contribution in [-0.4, -0.2) is 33.6 Å². The van der Waals surface area contributed by atoms with Crippen molar-refractivity contribution in [3.63, 3.8) is 0 Å². The summed E-state index contributed by atoms with van der Waals surface area (Å²) in [5, 5.41) is 3.02. The van der Waals surface area contributed by atoms with E-state index in [9.17, 15) is 0 Å². The molecule has 0 spiro atoms. The normalized spacial score (nSPS) is 10.0. The molecule has 6 heteroatoms. The standard InChI is InChI=1S/C11H13N5O/c1-3-12-10-14-9(15-11(16-10)17-2)8-6-4-5-7-13-8/h4-7H,3H2,1-2H3,(H,12,14,15,16). The van der Waals surface area contributed by atoms with Gasteiger partial charge >= 0.3 is 6.01 Å². The number of ether oxygens (including phenoxy) is 1. The summed E-state index contributed by atoms with van der Waals surface area (Å²) >= 11 is 0. The predicted molar refractivity (Wildman–Crippen MR) is 63.8 cm³/mol. The molecule has 0 aliphatic rings. The highest BCUT2D eigenvalue weighted by Gasteiger charge is 2.08. The van der Waals surface area contributed by atoms with E-state index >= 15 is 0 Å². The molecule has 88 valence electrons. The van der Waals surface area contributed by atoms with Gasteiger partial charge in [0.25, 0.3) is 0 Å². The number of pyridine rings is 1. The largest absolute Gasteiger partial charge is 0.467 e. The molecule has 0 aliphatic carbocycles. The van der Waals surface area contributed by atoms with E-state index < -0.39 is 0 Å². The molecule has 0 saturated carbocycles. The average Bonchev–Trinajstić information content (AvgIpc) is 2.40. The van der Waals surface area contributed by atoms with Gasteiger partial charge in [-0.2, -0.15) is 15.0 Å². The fourth-order valence-corrected chi connectivity index (χ4v) is 1.29. The third kappa shape index (κ3) is 2.66. The van der Waals surface area contributed by atoms with Crippen LogP contribution in [0.4, 0.5) is 5.95 Å². The first-order valence-electron chi connectivity index (χ1n) is 5.29. The van der Waals surface area contributed by atoms with Gasteiger partial charge < -0.3 is 10.1 Å². The molecule has 2 aromatic heterocycles. The molecule has 0 aliphatic heterocycles. The van der Waals surface area contributed by atoms with Gasteiger partial charge in [-0.15, -0.1) is 0 Å². The Morgan fingerprint density at radius 3 is 2.76 bits per heavy atom. The van der Waals surface area contributed by atoms with Crippen LogP contribution in [0.15, 0.2) is 24.4 Å². The number of rotatable bonds is 4. The van der Waals surface area contributed by atoms with Crippen molar-refractivity contribution in [2.24, 2.45) is 0 Å². The SMILES string of the molecule is CCNc1nc(OC)nc(-c2ccccn2)n1. The Balaban J connectivity index is 2.43. The van der Waals surface area contributed by atoms with Gasteiger partial charge in [-0.3, -0.25) is 4.98 Å². The van der Waals surface area contributed by atoms with Gasteiger partial charge in [0, 0.05) is 12.7 Å². The molecule has 2 heterocycles. The van der Waals surface area contributed by atoms with Crippen molar-refractivity contribution < 1.29 is 4.74 Å². The summed E-state index contributed by atoms with van der Waals surface area (Å²) in [7, 11) is 1.52. The van der Waals surface area contributed by atoms with Crippen molar-refractivity contribution in [3.05, 3.63) is 24.4 Å². The molecule has 0 fully saturated rings. The minimum absolute atomic E-state index is 0.275. The molecule has 0 bridgehead atoms. The van der Waals surface area contributed by atoms with Crippen LogP contribution in [0.3, 0.4) is 0 Å². The highest BCUT2D eigenvalue weighted by molar-refractivity contribution is 5.50. The van der Waals surface area contributed by atoms with Crippen molar-refractivity contribution >= 4 is 5.95 Å². The van der Waals surface area contributed by atoms with E-state index in [2.05, 4.69) is 25.3 Å². The number of aromatic nitrogens is 4. The molecular weight excluding hydrogens is 218 g/mol. The number of hydrogen-bond donors (Lipinski definition) is 1. The smallest absolute Gasteiger partial charge is 0.321 e. The van der Waals surface area contributed by atoms with Crippen LogP contribution in [0, 0.1) is 0 Å². The van der Waals surface area contributed by atoms with Gasteiger partial charge in [0.2, 0.25) is 5.95 Å². The summed E-state index contributed by atoms with van der Waals surface area (Å²) in [6.07, 6.45) is 1.69. The Labute approximate surface area is 99.1 Å². The maximum absolute atomic E-state index is 5.03. The van der Waals surface area contributed by atoms with Crippen LogP contribution >= 0.6 is 0 Å². The molecule has 2 aromatic rings. The third-order valence-electron chi connectivity index (χ3n) is 2.03. The van der Waals surface area contributed by atoms with Crippen LogP contribution in [0.5, 0.6) is 6.01 Å². The third-order valence-corrected chi connectivity index (χ3v) is 2.03. The van der Waals surface area contributed by atoms with Crippen LogP contribution in [0.2, 0.25) is 0 Å². The first-order valence-corrected chi connectivity index (χ1v) is 5.29. The second-order valence-electron chi connectivity index (χ2n) is 3.21. The van der Waals surface area contributed by atoms with Gasteiger partial charge in [0.1, 0.15) is 5.69 Å². The topological polar surface area (TPSA) is 72.8 Å². The fraction of sp³-hybridized carbons (Fsp3) is 0.273. The number of anilines is 1. The summed E-state index contributed by atoms with van der Waals surface area (Å²) in [5.41, 5.74) is 0.687. The molecule has 0 aromatic carbocycles. The molecular formula is C11H13N5O. The lowest BCUT2D eigenvalue weighted by molar-refractivity contribution is 0.379.